The third-order valence-corrected chi connectivity index (χ3v) is 3.59. The van der Waals surface area contributed by atoms with E-state index < -0.39 is 0 Å². The van der Waals surface area contributed by atoms with Gasteiger partial charge in [0.1, 0.15) is 0 Å². The van der Waals surface area contributed by atoms with Crippen LogP contribution in [0.25, 0.3) is 0 Å². The first-order chi connectivity index (χ1) is 9.38. The quantitative estimate of drug-likeness (QED) is 0.519. The average Bonchev–Trinajstić information content (AvgIpc) is 2.46. The molecule has 0 N–H and O–H groups in total. The number of nitrogens with zero attached hydrogens (tertiary/aromatic N) is 2. The highest BCUT2D eigenvalue weighted by molar-refractivity contribution is 5.44. The maximum Gasteiger partial charge on any atom is 0.0397 e. The van der Waals surface area contributed by atoms with Crippen molar-refractivity contribution in [3.05, 3.63) is 24.5 Å². The van der Waals surface area contributed by atoms with Crippen LogP contribution < -0.4 is 4.90 Å². The van der Waals surface area contributed by atoms with Crippen LogP contribution in [0.2, 0.25) is 0 Å². The SMILES string of the molecule is CCCCCCN(CCCCCC)c1ccncc1. The first kappa shape index (κ1) is 16.0. The predicted molar refractivity (Wildman–Crippen MR) is 84.7 cm³/mol. The molecule has 2 heteroatoms. The van der Waals surface area contributed by atoms with E-state index in [1.807, 2.05) is 12.4 Å². The summed E-state index contributed by atoms with van der Waals surface area (Å²) >= 11 is 0. The Morgan fingerprint density at radius 3 is 1.79 bits per heavy atom. The molecule has 108 valence electrons. The molecule has 1 rings (SSSR count). The lowest BCUT2D eigenvalue weighted by Gasteiger charge is -2.24. The maximum absolute atomic E-state index is 4.12. The zero-order valence-electron chi connectivity index (χ0n) is 12.8. The molecule has 0 bridgehead atoms. The van der Waals surface area contributed by atoms with E-state index >= 15 is 0 Å². The van der Waals surface area contributed by atoms with E-state index in [1.54, 1.807) is 0 Å². The second kappa shape index (κ2) is 10.8. The fraction of sp³-hybridized carbons (Fsp3) is 0.706. The highest BCUT2D eigenvalue weighted by Gasteiger charge is 2.05. The van der Waals surface area contributed by atoms with Crippen molar-refractivity contribution >= 4 is 5.69 Å². The minimum atomic E-state index is 1.19. The van der Waals surface area contributed by atoms with Gasteiger partial charge in [-0.2, -0.15) is 0 Å². The lowest BCUT2D eigenvalue weighted by Crippen LogP contribution is -2.25. The number of aromatic nitrogens is 1. The van der Waals surface area contributed by atoms with Gasteiger partial charge in [-0.15, -0.1) is 0 Å². The van der Waals surface area contributed by atoms with Crippen LogP contribution in [0.4, 0.5) is 5.69 Å². The summed E-state index contributed by atoms with van der Waals surface area (Å²) in [6, 6.07) is 4.28. The molecule has 19 heavy (non-hydrogen) atoms. The van der Waals surface area contributed by atoms with Crippen molar-refractivity contribution in [1.82, 2.24) is 4.98 Å². The first-order valence-electron chi connectivity index (χ1n) is 8.03. The van der Waals surface area contributed by atoms with Crippen molar-refractivity contribution in [2.45, 2.75) is 65.2 Å². The summed E-state index contributed by atoms with van der Waals surface area (Å²) in [7, 11) is 0. The molecular formula is C17H30N2. The Hall–Kier alpha value is -1.05. The van der Waals surface area contributed by atoms with Crippen LogP contribution in [-0.2, 0) is 0 Å². The normalized spacial score (nSPS) is 10.6. The molecule has 0 saturated heterocycles. The van der Waals surface area contributed by atoms with E-state index in [9.17, 15) is 0 Å². The van der Waals surface area contributed by atoms with Gasteiger partial charge < -0.3 is 4.90 Å². The summed E-state index contributed by atoms with van der Waals surface area (Å²) in [6.07, 6.45) is 14.5. The highest BCUT2D eigenvalue weighted by atomic mass is 15.1. The summed E-state index contributed by atoms with van der Waals surface area (Å²) in [5.74, 6) is 0. The lowest BCUT2D eigenvalue weighted by atomic mass is 10.1. The third-order valence-electron chi connectivity index (χ3n) is 3.59. The van der Waals surface area contributed by atoms with Gasteiger partial charge in [0.25, 0.3) is 0 Å². The maximum atomic E-state index is 4.12. The number of hydrogen-bond acceptors (Lipinski definition) is 2. The topological polar surface area (TPSA) is 16.1 Å². The van der Waals surface area contributed by atoms with Gasteiger partial charge in [0, 0.05) is 31.2 Å². The van der Waals surface area contributed by atoms with Crippen LogP contribution >= 0.6 is 0 Å². The molecule has 0 saturated carbocycles. The van der Waals surface area contributed by atoms with Gasteiger partial charge in [-0.05, 0) is 25.0 Å². The van der Waals surface area contributed by atoms with E-state index in [0.29, 0.717) is 0 Å². The number of pyridine rings is 1. The van der Waals surface area contributed by atoms with Crippen molar-refractivity contribution in [1.29, 1.82) is 0 Å². The van der Waals surface area contributed by atoms with E-state index in [4.69, 9.17) is 0 Å². The fourth-order valence-corrected chi connectivity index (χ4v) is 2.38. The number of hydrogen-bond donors (Lipinski definition) is 0. The second-order valence-electron chi connectivity index (χ2n) is 5.31. The lowest BCUT2D eigenvalue weighted by molar-refractivity contribution is 0.609. The molecule has 0 unspecified atom stereocenters. The summed E-state index contributed by atoms with van der Waals surface area (Å²) < 4.78 is 0. The third kappa shape index (κ3) is 7.19. The van der Waals surface area contributed by atoms with Crippen molar-refractivity contribution in [3.8, 4) is 0 Å². The van der Waals surface area contributed by atoms with E-state index in [0.717, 1.165) is 0 Å². The fourth-order valence-electron chi connectivity index (χ4n) is 2.38. The molecular weight excluding hydrogens is 232 g/mol. The molecule has 0 spiro atoms. The molecule has 0 aliphatic carbocycles. The first-order valence-corrected chi connectivity index (χ1v) is 8.03. The smallest absolute Gasteiger partial charge is 0.0397 e. The standard InChI is InChI=1S/C17H30N2/c1-3-5-7-9-15-19(16-10-8-6-4-2)17-11-13-18-14-12-17/h11-14H,3-10,15-16H2,1-2H3. The van der Waals surface area contributed by atoms with Crippen LogP contribution in [-0.4, -0.2) is 18.1 Å². The molecule has 1 aromatic heterocycles. The molecule has 0 amide bonds. The highest BCUT2D eigenvalue weighted by Crippen LogP contribution is 2.15. The van der Waals surface area contributed by atoms with Crippen molar-refractivity contribution in [2.24, 2.45) is 0 Å². The number of rotatable bonds is 11. The van der Waals surface area contributed by atoms with Crippen LogP contribution in [0.15, 0.2) is 24.5 Å². The molecule has 0 aliphatic heterocycles. The molecule has 1 heterocycles. The molecule has 1 aromatic rings. The van der Waals surface area contributed by atoms with Crippen LogP contribution in [0, 0.1) is 0 Å². The van der Waals surface area contributed by atoms with Crippen LogP contribution in [0.5, 0.6) is 0 Å². The van der Waals surface area contributed by atoms with Gasteiger partial charge in [0.15, 0.2) is 0 Å². The Kier molecular flexibility index (Phi) is 9.13. The zero-order valence-corrected chi connectivity index (χ0v) is 12.8. The van der Waals surface area contributed by atoms with Gasteiger partial charge in [-0.3, -0.25) is 4.98 Å². The molecule has 0 atom stereocenters. The van der Waals surface area contributed by atoms with E-state index in [1.165, 1.54) is 70.1 Å². The Morgan fingerprint density at radius 1 is 0.789 bits per heavy atom. The number of anilines is 1. The summed E-state index contributed by atoms with van der Waals surface area (Å²) in [6.45, 7) is 6.92. The monoisotopic (exact) mass is 262 g/mol. The van der Waals surface area contributed by atoms with Gasteiger partial charge in [0.2, 0.25) is 0 Å². The molecule has 0 aliphatic rings. The Balaban J connectivity index is 2.39. The summed E-state index contributed by atoms with van der Waals surface area (Å²) in [5.41, 5.74) is 1.34. The van der Waals surface area contributed by atoms with Gasteiger partial charge >= 0.3 is 0 Å². The van der Waals surface area contributed by atoms with Crippen LogP contribution in [0.1, 0.15) is 65.2 Å². The predicted octanol–water partition coefficient (Wildman–Crippen LogP) is 5.05. The second-order valence-corrected chi connectivity index (χ2v) is 5.31. The number of unbranched alkanes of at least 4 members (excludes halogenated alkanes) is 6. The Labute approximate surface area is 119 Å². The molecule has 0 fully saturated rings. The molecule has 0 radical (unpaired) electrons. The largest absolute Gasteiger partial charge is 0.371 e. The average molecular weight is 262 g/mol. The van der Waals surface area contributed by atoms with Crippen molar-refractivity contribution < 1.29 is 0 Å². The molecule has 2 nitrogen and oxygen atoms in total. The van der Waals surface area contributed by atoms with Crippen molar-refractivity contribution in [2.75, 3.05) is 18.0 Å². The van der Waals surface area contributed by atoms with Crippen molar-refractivity contribution in [3.63, 3.8) is 0 Å². The van der Waals surface area contributed by atoms with Gasteiger partial charge in [-0.1, -0.05) is 52.4 Å². The van der Waals surface area contributed by atoms with E-state index in [-0.39, 0.29) is 0 Å². The van der Waals surface area contributed by atoms with E-state index in [2.05, 4.69) is 35.9 Å². The Bertz CT molecular complexity index is 285. The molecule has 0 aromatic carbocycles. The zero-order chi connectivity index (χ0) is 13.8. The summed E-state index contributed by atoms with van der Waals surface area (Å²) in [5, 5.41) is 0. The van der Waals surface area contributed by atoms with Gasteiger partial charge in [-0.25, -0.2) is 0 Å². The van der Waals surface area contributed by atoms with Gasteiger partial charge in [0.05, 0.1) is 0 Å². The minimum absolute atomic E-state index is 1.19. The minimum Gasteiger partial charge on any atom is -0.371 e. The van der Waals surface area contributed by atoms with Crippen LogP contribution in [0.3, 0.4) is 0 Å². The Morgan fingerprint density at radius 2 is 1.32 bits per heavy atom. The summed E-state index contributed by atoms with van der Waals surface area (Å²) in [4.78, 5) is 6.66.